The Hall–Kier alpha value is -2.18. The minimum atomic E-state index is -0.859. The number of carbonyl (C=O) groups is 2. The van der Waals surface area contributed by atoms with Crippen LogP contribution in [0, 0.1) is 0 Å². The summed E-state index contributed by atoms with van der Waals surface area (Å²) in [4.78, 5) is 24.4. The summed E-state index contributed by atoms with van der Waals surface area (Å²) in [6.45, 7) is 4.81. The van der Waals surface area contributed by atoms with Gasteiger partial charge in [0.05, 0.1) is 25.4 Å². The summed E-state index contributed by atoms with van der Waals surface area (Å²) in [5, 5.41) is 23.1. The molecule has 60 heavy (non-hydrogen) atoms. The zero-order valence-corrected chi connectivity index (χ0v) is 39.7. The monoisotopic (exact) mass is 842 g/mol. The highest BCUT2D eigenvalue weighted by molar-refractivity contribution is 5.76. The fourth-order valence-corrected chi connectivity index (χ4v) is 7.56. The van der Waals surface area contributed by atoms with Crippen molar-refractivity contribution in [2.75, 3.05) is 13.2 Å². The Morgan fingerprint density at radius 2 is 0.833 bits per heavy atom. The molecule has 350 valence electrons. The first kappa shape index (κ1) is 57.8. The van der Waals surface area contributed by atoms with Crippen molar-refractivity contribution in [3.8, 4) is 0 Å². The molecule has 0 spiro atoms. The van der Waals surface area contributed by atoms with Crippen molar-refractivity contribution < 1.29 is 24.5 Å². The van der Waals surface area contributed by atoms with Crippen LogP contribution in [-0.4, -0.2) is 47.4 Å². The molecule has 0 rings (SSSR count). The van der Waals surface area contributed by atoms with Crippen LogP contribution < -0.4 is 5.32 Å². The summed E-state index contributed by atoms with van der Waals surface area (Å²) in [7, 11) is 0. The number of aliphatic hydroxyl groups excluding tert-OH is 2. The first-order chi connectivity index (χ1) is 29.5. The summed E-state index contributed by atoms with van der Waals surface area (Å²) < 4.78 is 5.42. The van der Waals surface area contributed by atoms with E-state index in [1.165, 1.54) is 154 Å². The van der Waals surface area contributed by atoms with E-state index in [2.05, 4.69) is 55.6 Å². The highest BCUT2D eigenvalue weighted by atomic mass is 16.5. The maximum Gasteiger partial charge on any atom is 0.305 e. The second-order valence-electron chi connectivity index (χ2n) is 17.5. The van der Waals surface area contributed by atoms with Gasteiger partial charge in [-0.2, -0.15) is 0 Å². The van der Waals surface area contributed by atoms with E-state index in [4.69, 9.17) is 4.74 Å². The second-order valence-corrected chi connectivity index (χ2v) is 17.5. The molecule has 0 fully saturated rings. The third kappa shape index (κ3) is 45.3. The van der Waals surface area contributed by atoms with E-state index in [1.807, 2.05) is 6.08 Å². The van der Waals surface area contributed by atoms with Crippen molar-refractivity contribution in [3.05, 3.63) is 48.6 Å². The van der Waals surface area contributed by atoms with Gasteiger partial charge in [-0.1, -0.05) is 204 Å². The molecular formula is C54H99NO5. The Kier molecular flexibility index (Phi) is 47.7. The van der Waals surface area contributed by atoms with Crippen LogP contribution in [0.25, 0.3) is 0 Å². The smallest absolute Gasteiger partial charge is 0.305 e. The zero-order chi connectivity index (χ0) is 43.7. The summed E-state index contributed by atoms with van der Waals surface area (Å²) in [6.07, 6.45) is 61.1. The van der Waals surface area contributed by atoms with Gasteiger partial charge in [-0.15, -0.1) is 0 Å². The van der Waals surface area contributed by atoms with Gasteiger partial charge in [-0.3, -0.25) is 9.59 Å². The third-order valence-corrected chi connectivity index (χ3v) is 11.6. The Morgan fingerprint density at radius 1 is 0.467 bits per heavy atom. The molecule has 3 N–H and O–H groups in total. The van der Waals surface area contributed by atoms with E-state index in [1.54, 1.807) is 6.08 Å². The molecule has 0 aromatic heterocycles. The lowest BCUT2D eigenvalue weighted by Crippen LogP contribution is -2.45. The lowest BCUT2D eigenvalue weighted by molar-refractivity contribution is -0.143. The Labute approximate surface area is 372 Å². The van der Waals surface area contributed by atoms with E-state index >= 15 is 0 Å². The highest BCUT2D eigenvalue weighted by Crippen LogP contribution is 2.15. The predicted molar refractivity (Wildman–Crippen MR) is 259 cm³/mol. The maximum absolute atomic E-state index is 12.4. The average molecular weight is 842 g/mol. The fraction of sp³-hybridized carbons (Fsp3) is 0.815. The van der Waals surface area contributed by atoms with Gasteiger partial charge in [-0.25, -0.2) is 0 Å². The summed E-state index contributed by atoms with van der Waals surface area (Å²) in [5.41, 5.74) is 0. The Bertz CT molecular complexity index is 1020. The third-order valence-electron chi connectivity index (χ3n) is 11.6. The van der Waals surface area contributed by atoms with Gasteiger partial charge in [0.25, 0.3) is 0 Å². The number of nitrogens with one attached hydrogen (secondary N) is 1. The lowest BCUT2D eigenvalue weighted by atomic mass is 10.0. The van der Waals surface area contributed by atoms with Crippen molar-refractivity contribution in [2.24, 2.45) is 0 Å². The van der Waals surface area contributed by atoms with E-state index in [0.717, 1.165) is 77.0 Å². The first-order valence-corrected chi connectivity index (χ1v) is 25.9. The molecule has 0 aromatic carbocycles. The quantitative estimate of drug-likeness (QED) is 0.0245. The molecule has 0 bridgehead atoms. The topological polar surface area (TPSA) is 95.9 Å². The van der Waals surface area contributed by atoms with Crippen molar-refractivity contribution in [3.63, 3.8) is 0 Å². The standard InChI is InChI=1S/C54H99NO5/c1-3-5-7-9-11-13-15-17-18-20-23-26-30-34-38-42-46-52(57)51(50-56)55-53(58)47-43-39-35-31-27-24-21-19-22-25-29-33-37-41-45-49-60-54(59)48-44-40-36-32-28-16-14-12-10-8-6-4-2/h12,14,19,22,25,29,42,46,51-52,56-57H,3-11,13,15-18,20-21,23-24,26-28,30-41,43-45,47-50H2,1-2H3,(H,55,58)/b14-12-,22-19-,29-25-,46-42+. The number of amides is 1. The number of hydrogen-bond donors (Lipinski definition) is 3. The molecule has 0 saturated carbocycles. The summed E-state index contributed by atoms with van der Waals surface area (Å²) >= 11 is 0. The van der Waals surface area contributed by atoms with Crippen LogP contribution in [0.4, 0.5) is 0 Å². The molecule has 6 heteroatoms. The number of hydrogen-bond acceptors (Lipinski definition) is 5. The molecular weight excluding hydrogens is 743 g/mol. The summed E-state index contributed by atoms with van der Waals surface area (Å²) in [6, 6.07) is -0.645. The zero-order valence-electron chi connectivity index (χ0n) is 39.7. The highest BCUT2D eigenvalue weighted by Gasteiger charge is 2.18. The molecule has 1 amide bonds. The van der Waals surface area contributed by atoms with Crippen molar-refractivity contribution in [2.45, 2.75) is 270 Å². The van der Waals surface area contributed by atoms with E-state index in [0.29, 0.717) is 19.4 Å². The van der Waals surface area contributed by atoms with Crippen LogP contribution in [0.2, 0.25) is 0 Å². The van der Waals surface area contributed by atoms with Crippen LogP contribution in [0.3, 0.4) is 0 Å². The average Bonchev–Trinajstić information content (AvgIpc) is 3.25. The number of ether oxygens (including phenoxy) is 1. The molecule has 2 unspecified atom stereocenters. The molecule has 0 aliphatic heterocycles. The first-order valence-electron chi connectivity index (χ1n) is 25.9. The number of carbonyl (C=O) groups excluding carboxylic acids is 2. The molecule has 0 aromatic rings. The van der Waals surface area contributed by atoms with Crippen LogP contribution in [0.1, 0.15) is 258 Å². The molecule has 0 radical (unpaired) electrons. The van der Waals surface area contributed by atoms with Crippen molar-refractivity contribution in [1.82, 2.24) is 5.32 Å². The van der Waals surface area contributed by atoms with Crippen molar-refractivity contribution in [1.29, 1.82) is 0 Å². The molecule has 0 aliphatic rings. The van der Waals surface area contributed by atoms with Crippen molar-refractivity contribution >= 4 is 11.9 Å². The number of unbranched alkanes of at least 4 members (excludes halogenated alkanes) is 31. The fourth-order valence-electron chi connectivity index (χ4n) is 7.56. The van der Waals surface area contributed by atoms with Gasteiger partial charge in [0.2, 0.25) is 5.91 Å². The molecule has 0 heterocycles. The SMILES string of the molecule is CCCCC/C=C\CCCCCCCC(=O)OCCCCC/C=C\C=C/CCCCCCCCC(=O)NC(CO)C(O)/C=C/CCCCCCCCCCCCCCCC. The summed E-state index contributed by atoms with van der Waals surface area (Å²) in [5.74, 6) is -0.125. The number of rotatable bonds is 47. The van der Waals surface area contributed by atoms with E-state index in [9.17, 15) is 19.8 Å². The van der Waals surface area contributed by atoms with Crippen LogP contribution >= 0.6 is 0 Å². The number of esters is 1. The Morgan fingerprint density at radius 3 is 1.32 bits per heavy atom. The van der Waals surface area contributed by atoms with Gasteiger partial charge >= 0.3 is 5.97 Å². The van der Waals surface area contributed by atoms with Gasteiger partial charge in [-0.05, 0) is 89.9 Å². The van der Waals surface area contributed by atoms with Gasteiger partial charge in [0.1, 0.15) is 0 Å². The molecule has 0 saturated heterocycles. The maximum atomic E-state index is 12.4. The molecule has 0 aliphatic carbocycles. The largest absolute Gasteiger partial charge is 0.466 e. The van der Waals surface area contributed by atoms with E-state index < -0.39 is 12.1 Å². The second kappa shape index (κ2) is 49.5. The predicted octanol–water partition coefficient (Wildman–Crippen LogP) is 15.5. The number of aliphatic hydroxyl groups is 2. The van der Waals surface area contributed by atoms with E-state index in [-0.39, 0.29) is 18.5 Å². The lowest BCUT2D eigenvalue weighted by Gasteiger charge is -2.20. The number of allylic oxidation sites excluding steroid dienone is 7. The molecule has 6 nitrogen and oxygen atoms in total. The van der Waals surface area contributed by atoms with Gasteiger partial charge in [0, 0.05) is 12.8 Å². The van der Waals surface area contributed by atoms with Crippen LogP contribution in [-0.2, 0) is 14.3 Å². The van der Waals surface area contributed by atoms with Crippen LogP contribution in [0.5, 0.6) is 0 Å². The Balaban J connectivity index is 3.58. The van der Waals surface area contributed by atoms with Gasteiger partial charge < -0.3 is 20.3 Å². The minimum Gasteiger partial charge on any atom is -0.466 e. The molecule has 2 atom stereocenters. The minimum absolute atomic E-state index is 0.0338. The van der Waals surface area contributed by atoms with Gasteiger partial charge in [0.15, 0.2) is 0 Å². The van der Waals surface area contributed by atoms with Crippen LogP contribution in [0.15, 0.2) is 48.6 Å². The normalized spacial score (nSPS) is 13.1.